The van der Waals surface area contributed by atoms with Crippen molar-refractivity contribution in [3.63, 3.8) is 0 Å². The Labute approximate surface area is 115 Å². The van der Waals surface area contributed by atoms with Gasteiger partial charge in [0.2, 0.25) is 6.79 Å². The summed E-state index contributed by atoms with van der Waals surface area (Å²) < 4.78 is 15.3. The molecule has 1 aliphatic heterocycles. The third-order valence-electron chi connectivity index (χ3n) is 2.28. The lowest BCUT2D eigenvalue weighted by molar-refractivity contribution is 0.168. The first kappa shape index (κ1) is 13.2. The van der Waals surface area contributed by atoms with Crippen molar-refractivity contribution < 1.29 is 19.0 Å². The Morgan fingerprint density at radius 3 is 2.47 bits per heavy atom. The largest absolute Gasteiger partial charge is 0.454 e. The number of fused-ring (bicyclic) bond motifs is 1. The maximum atomic E-state index is 11.5. The van der Waals surface area contributed by atoms with E-state index in [2.05, 4.69) is 10.6 Å². The molecule has 8 heteroatoms. The highest BCUT2D eigenvalue weighted by molar-refractivity contribution is 7.80. The van der Waals surface area contributed by atoms with Crippen LogP contribution in [0.3, 0.4) is 0 Å². The first-order valence-electron chi connectivity index (χ1n) is 5.54. The zero-order chi connectivity index (χ0) is 13.8. The quantitative estimate of drug-likeness (QED) is 0.726. The Hall–Kier alpha value is -2.22. The minimum Gasteiger partial charge on any atom is -0.454 e. The highest BCUT2D eigenvalue weighted by Gasteiger charge is 2.19. The van der Waals surface area contributed by atoms with E-state index in [1.54, 1.807) is 19.1 Å². The van der Waals surface area contributed by atoms with Crippen LogP contribution in [0.4, 0.5) is 16.2 Å². The number of amides is 1. The van der Waals surface area contributed by atoms with Gasteiger partial charge in [-0.2, -0.15) is 0 Å². The molecular formula is C11H13N3O4S. The second-order valence-corrected chi connectivity index (χ2v) is 4.03. The monoisotopic (exact) mass is 283 g/mol. The molecule has 0 spiro atoms. The molecule has 0 aromatic heterocycles. The van der Waals surface area contributed by atoms with Gasteiger partial charge in [-0.1, -0.05) is 0 Å². The molecule has 0 unspecified atom stereocenters. The van der Waals surface area contributed by atoms with Crippen molar-refractivity contribution in [3.8, 4) is 11.5 Å². The summed E-state index contributed by atoms with van der Waals surface area (Å²) in [6.07, 6.45) is -0.577. The van der Waals surface area contributed by atoms with Gasteiger partial charge in [0.1, 0.15) is 0 Å². The van der Waals surface area contributed by atoms with Crippen molar-refractivity contribution in [2.75, 3.05) is 24.0 Å². The van der Waals surface area contributed by atoms with Crippen molar-refractivity contribution in [2.45, 2.75) is 6.92 Å². The molecule has 2 rings (SSSR count). The number of hydrogen-bond donors (Lipinski definition) is 3. The molecule has 0 saturated heterocycles. The summed E-state index contributed by atoms with van der Waals surface area (Å²) in [6, 6.07) is 3.25. The average Bonchev–Trinajstić information content (AvgIpc) is 2.76. The summed E-state index contributed by atoms with van der Waals surface area (Å²) in [4.78, 5) is 11.5. The fraction of sp³-hybridized carbons (Fsp3) is 0.273. The van der Waals surface area contributed by atoms with Gasteiger partial charge in [-0.25, -0.2) is 4.79 Å². The van der Waals surface area contributed by atoms with Crippen LogP contribution in [0.15, 0.2) is 12.1 Å². The highest BCUT2D eigenvalue weighted by atomic mass is 32.1. The van der Waals surface area contributed by atoms with Gasteiger partial charge >= 0.3 is 6.09 Å². The Morgan fingerprint density at radius 2 is 1.95 bits per heavy atom. The summed E-state index contributed by atoms with van der Waals surface area (Å²) in [5, 5.41) is 5.40. The third kappa shape index (κ3) is 3.16. The van der Waals surface area contributed by atoms with Gasteiger partial charge in [-0.15, -0.1) is 0 Å². The number of carbonyl (C=O) groups excluding carboxylic acids is 1. The molecular weight excluding hydrogens is 270 g/mol. The van der Waals surface area contributed by atoms with E-state index in [9.17, 15) is 4.79 Å². The molecule has 4 N–H and O–H groups in total. The van der Waals surface area contributed by atoms with E-state index in [-0.39, 0.29) is 18.5 Å². The predicted molar refractivity (Wildman–Crippen MR) is 73.6 cm³/mol. The summed E-state index contributed by atoms with van der Waals surface area (Å²) >= 11 is 4.78. The number of benzene rings is 1. The molecule has 1 aliphatic rings. The molecule has 1 aromatic rings. The minimum absolute atomic E-state index is 0.0748. The molecule has 0 saturated carbocycles. The summed E-state index contributed by atoms with van der Waals surface area (Å²) in [6.45, 7) is 2.12. The summed E-state index contributed by atoms with van der Waals surface area (Å²) in [5.74, 6) is 1.08. The van der Waals surface area contributed by atoms with E-state index >= 15 is 0 Å². The van der Waals surface area contributed by atoms with Crippen molar-refractivity contribution in [1.82, 2.24) is 0 Å². The fourth-order valence-electron chi connectivity index (χ4n) is 1.56. The predicted octanol–water partition coefficient (Wildman–Crippen LogP) is 1.64. The molecule has 102 valence electrons. The van der Waals surface area contributed by atoms with Gasteiger partial charge in [0.05, 0.1) is 18.0 Å². The topological polar surface area (TPSA) is 94.8 Å². The Morgan fingerprint density at radius 1 is 1.37 bits per heavy atom. The van der Waals surface area contributed by atoms with Crippen LogP contribution in [0.1, 0.15) is 6.92 Å². The van der Waals surface area contributed by atoms with Crippen molar-refractivity contribution in [3.05, 3.63) is 12.1 Å². The van der Waals surface area contributed by atoms with Crippen LogP contribution in [0, 0.1) is 0 Å². The zero-order valence-electron chi connectivity index (χ0n) is 10.2. The number of hydrogen-bond acceptors (Lipinski definition) is 5. The maximum absolute atomic E-state index is 11.5. The number of anilines is 2. The van der Waals surface area contributed by atoms with Crippen molar-refractivity contribution >= 4 is 34.8 Å². The molecule has 1 amide bonds. The van der Waals surface area contributed by atoms with Gasteiger partial charge in [0.15, 0.2) is 16.6 Å². The van der Waals surface area contributed by atoms with E-state index < -0.39 is 6.09 Å². The second kappa shape index (κ2) is 5.61. The van der Waals surface area contributed by atoms with Crippen LogP contribution >= 0.6 is 12.2 Å². The number of rotatable bonds is 3. The molecule has 0 radical (unpaired) electrons. The standard InChI is InChI=1S/C11H13N3O4S/c1-2-16-11(15)14-7-4-9-8(17-5-18-9)3-6(7)13-10(12)19/h3-4H,2,5H2,1H3,(H,14,15)(H3,12,13,19). The van der Waals surface area contributed by atoms with Gasteiger partial charge in [-0.05, 0) is 19.1 Å². The zero-order valence-corrected chi connectivity index (χ0v) is 11.0. The van der Waals surface area contributed by atoms with Crippen molar-refractivity contribution in [2.24, 2.45) is 5.73 Å². The molecule has 1 heterocycles. The molecule has 0 aliphatic carbocycles. The van der Waals surface area contributed by atoms with Gasteiger partial charge in [0, 0.05) is 12.1 Å². The first-order valence-corrected chi connectivity index (χ1v) is 5.95. The average molecular weight is 283 g/mol. The summed E-state index contributed by atoms with van der Waals surface area (Å²) in [5.41, 5.74) is 6.38. The van der Waals surface area contributed by atoms with E-state index in [1.807, 2.05) is 0 Å². The van der Waals surface area contributed by atoms with Crippen LogP contribution in [0.2, 0.25) is 0 Å². The van der Waals surface area contributed by atoms with Crippen LogP contribution in [-0.2, 0) is 4.74 Å². The first-order chi connectivity index (χ1) is 9.10. The lowest BCUT2D eigenvalue weighted by Crippen LogP contribution is -2.21. The molecule has 0 atom stereocenters. The normalized spacial score (nSPS) is 11.8. The van der Waals surface area contributed by atoms with E-state index in [4.69, 9.17) is 32.2 Å². The Kier molecular flexibility index (Phi) is 3.91. The summed E-state index contributed by atoms with van der Waals surface area (Å²) in [7, 11) is 0. The number of nitrogens with two attached hydrogens (primary N) is 1. The molecule has 0 fully saturated rings. The number of nitrogens with one attached hydrogen (secondary N) is 2. The maximum Gasteiger partial charge on any atom is 0.411 e. The van der Waals surface area contributed by atoms with E-state index in [0.29, 0.717) is 22.9 Å². The van der Waals surface area contributed by atoms with Crippen molar-refractivity contribution in [1.29, 1.82) is 0 Å². The Bertz CT molecular complexity index is 521. The molecule has 0 bridgehead atoms. The molecule has 19 heavy (non-hydrogen) atoms. The van der Waals surface area contributed by atoms with E-state index in [0.717, 1.165) is 0 Å². The number of thiocarbonyl (C=S) groups is 1. The van der Waals surface area contributed by atoms with Crippen LogP contribution in [0.25, 0.3) is 0 Å². The lowest BCUT2D eigenvalue weighted by Gasteiger charge is -2.13. The number of carbonyl (C=O) groups is 1. The highest BCUT2D eigenvalue weighted by Crippen LogP contribution is 2.39. The minimum atomic E-state index is -0.577. The van der Waals surface area contributed by atoms with Crippen LogP contribution in [0.5, 0.6) is 11.5 Å². The van der Waals surface area contributed by atoms with Crippen LogP contribution < -0.4 is 25.8 Å². The Balaban J connectivity index is 2.28. The van der Waals surface area contributed by atoms with Gasteiger partial charge < -0.3 is 25.3 Å². The third-order valence-corrected chi connectivity index (χ3v) is 2.38. The lowest BCUT2D eigenvalue weighted by atomic mass is 10.2. The van der Waals surface area contributed by atoms with Gasteiger partial charge in [0.25, 0.3) is 0 Å². The van der Waals surface area contributed by atoms with E-state index in [1.165, 1.54) is 0 Å². The van der Waals surface area contributed by atoms with Gasteiger partial charge in [-0.3, -0.25) is 5.32 Å². The van der Waals surface area contributed by atoms with Crippen LogP contribution in [-0.4, -0.2) is 24.6 Å². The second-order valence-electron chi connectivity index (χ2n) is 3.59. The molecule has 7 nitrogen and oxygen atoms in total. The number of ether oxygens (including phenoxy) is 3. The smallest absolute Gasteiger partial charge is 0.411 e. The fourth-order valence-corrected chi connectivity index (χ4v) is 1.67. The SMILES string of the molecule is CCOC(=O)Nc1cc2c(cc1NC(N)=S)OCO2. The molecule has 1 aromatic carbocycles.